The molecule has 2 unspecified atom stereocenters. The lowest BCUT2D eigenvalue weighted by molar-refractivity contribution is -0.126. The number of nitrogens with two attached hydrogens (primary N) is 1. The predicted molar refractivity (Wildman–Crippen MR) is 79.4 cm³/mol. The Morgan fingerprint density at radius 3 is 2.65 bits per heavy atom. The average molecular weight is 286 g/mol. The summed E-state index contributed by atoms with van der Waals surface area (Å²) in [5, 5.41) is 3.15. The Morgan fingerprint density at radius 1 is 1.35 bits per heavy atom. The summed E-state index contributed by atoms with van der Waals surface area (Å²) < 4.78 is 11.0. The first kappa shape index (κ1) is 17.4. The van der Waals surface area contributed by atoms with Gasteiger partial charge in [0, 0.05) is 13.2 Å². The third kappa shape index (κ3) is 4.72. The molecule has 118 valence electrons. The Bertz CT molecular complexity index is 297. The standard InChI is InChI=1S/C15H30N2O3/c1-12(2)11-20-10-9-19-8-6-13-5-4-7-15(13,17-3)14(16)18/h12-13,17H,4-11H2,1-3H3,(H2,16,18). The summed E-state index contributed by atoms with van der Waals surface area (Å²) in [6, 6.07) is 0. The van der Waals surface area contributed by atoms with Crippen molar-refractivity contribution in [2.45, 2.75) is 45.1 Å². The number of hydrogen-bond acceptors (Lipinski definition) is 4. The van der Waals surface area contributed by atoms with Crippen LogP contribution in [0.3, 0.4) is 0 Å². The maximum absolute atomic E-state index is 11.7. The monoisotopic (exact) mass is 286 g/mol. The molecule has 1 fully saturated rings. The molecular formula is C15H30N2O3. The van der Waals surface area contributed by atoms with Crippen molar-refractivity contribution in [3.05, 3.63) is 0 Å². The topological polar surface area (TPSA) is 73.6 Å². The van der Waals surface area contributed by atoms with Crippen molar-refractivity contribution in [1.82, 2.24) is 5.32 Å². The summed E-state index contributed by atoms with van der Waals surface area (Å²) in [6.45, 7) is 6.94. The van der Waals surface area contributed by atoms with Crippen molar-refractivity contribution >= 4 is 5.91 Å². The SMILES string of the molecule is CNC1(C(N)=O)CCCC1CCOCCOCC(C)C. The van der Waals surface area contributed by atoms with Gasteiger partial charge in [0.2, 0.25) is 5.91 Å². The van der Waals surface area contributed by atoms with E-state index in [9.17, 15) is 4.79 Å². The van der Waals surface area contributed by atoms with Gasteiger partial charge in [-0.25, -0.2) is 0 Å². The molecule has 0 spiro atoms. The molecule has 0 bridgehead atoms. The van der Waals surface area contributed by atoms with Crippen molar-refractivity contribution in [1.29, 1.82) is 0 Å². The zero-order valence-electron chi connectivity index (χ0n) is 13.1. The van der Waals surface area contributed by atoms with Crippen molar-refractivity contribution in [3.8, 4) is 0 Å². The maximum atomic E-state index is 11.7. The molecule has 1 saturated carbocycles. The molecule has 0 aromatic rings. The molecular weight excluding hydrogens is 256 g/mol. The fourth-order valence-electron chi connectivity index (χ4n) is 3.01. The van der Waals surface area contributed by atoms with E-state index in [1.165, 1.54) is 0 Å². The number of likely N-dealkylation sites (N-methyl/N-ethyl adjacent to an activating group) is 1. The minimum absolute atomic E-state index is 0.234. The molecule has 1 amide bonds. The highest BCUT2D eigenvalue weighted by Crippen LogP contribution is 2.37. The van der Waals surface area contributed by atoms with Crippen LogP contribution in [0.2, 0.25) is 0 Å². The van der Waals surface area contributed by atoms with Gasteiger partial charge in [-0.05, 0) is 38.1 Å². The predicted octanol–water partition coefficient (Wildman–Crippen LogP) is 1.31. The summed E-state index contributed by atoms with van der Waals surface area (Å²) in [5.74, 6) is 0.602. The van der Waals surface area contributed by atoms with Gasteiger partial charge in [0.15, 0.2) is 0 Å². The lowest BCUT2D eigenvalue weighted by Gasteiger charge is -2.32. The molecule has 0 aromatic heterocycles. The van der Waals surface area contributed by atoms with Crippen LogP contribution in [0, 0.1) is 11.8 Å². The molecule has 3 N–H and O–H groups in total. The molecule has 0 aromatic carbocycles. The Kier molecular flexibility index (Phi) is 7.48. The largest absolute Gasteiger partial charge is 0.379 e. The minimum atomic E-state index is -0.530. The Hall–Kier alpha value is -0.650. The number of ether oxygens (including phenoxy) is 2. The summed E-state index contributed by atoms with van der Waals surface area (Å²) in [5.41, 5.74) is 5.04. The first-order valence-electron chi connectivity index (χ1n) is 7.67. The van der Waals surface area contributed by atoms with Gasteiger partial charge in [0.1, 0.15) is 5.54 Å². The molecule has 0 saturated heterocycles. The molecule has 1 aliphatic rings. The quantitative estimate of drug-likeness (QED) is 0.594. The van der Waals surface area contributed by atoms with Crippen LogP contribution in [-0.2, 0) is 14.3 Å². The molecule has 0 radical (unpaired) electrons. The van der Waals surface area contributed by atoms with Crippen molar-refractivity contribution in [2.75, 3.05) is 33.5 Å². The van der Waals surface area contributed by atoms with Crippen LogP contribution in [0.15, 0.2) is 0 Å². The highest BCUT2D eigenvalue weighted by molar-refractivity contribution is 5.85. The zero-order chi connectivity index (χ0) is 15.0. The fourth-order valence-corrected chi connectivity index (χ4v) is 3.01. The Balaban J connectivity index is 2.19. The van der Waals surface area contributed by atoms with E-state index < -0.39 is 5.54 Å². The number of rotatable bonds is 10. The number of carbonyl (C=O) groups excluding carboxylic acids is 1. The van der Waals surface area contributed by atoms with Crippen LogP contribution >= 0.6 is 0 Å². The number of amides is 1. The van der Waals surface area contributed by atoms with Crippen molar-refractivity contribution < 1.29 is 14.3 Å². The first-order valence-corrected chi connectivity index (χ1v) is 7.67. The van der Waals surface area contributed by atoms with E-state index in [1.54, 1.807) is 0 Å². The molecule has 1 aliphatic carbocycles. The molecule has 1 rings (SSSR count). The van der Waals surface area contributed by atoms with Gasteiger partial charge >= 0.3 is 0 Å². The summed E-state index contributed by atoms with van der Waals surface area (Å²) in [6.07, 6.45) is 3.79. The van der Waals surface area contributed by atoms with Gasteiger partial charge in [-0.15, -0.1) is 0 Å². The van der Waals surface area contributed by atoms with Crippen molar-refractivity contribution in [3.63, 3.8) is 0 Å². The van der Waals surface area contributed by atoms with E-state index in [1.807, 2.05) is 7.05 Å². The molecule has 5 heteroatoms. The van der Waals surface area contributed by atoms with Gasteiger partial charge in [-0.2, -0.15) is 0 Å². The summed E-state index contributed by atoms with van der Waals surface area (Å²) in [7, 11) is 1.82. The molecule has 20 heavy (non-hydrogen) atoms. The third-order valence-electron chi connectivity index (χ3n) is 4.14. The van der Waals surface area contributed by atoms with E-state index in [0.717, 1.165) is 32.3 Å². The van der Waals surface area contributed by atoms with Crippen LogP contribution in [-0.4, -0.2) is 44.9 Å². The number of primary amides is 1. The second kappa shape index (κ2) is 8.60. The van der Waals surface area contributed by atoms with Gasteiger partial charge in [-0.1, -0.05) is 20.3 Å². The molecule has 0 aliphatic heterocycles. The third-order valence-corrected chi connectivity index (χ3v) is 4.14. The number of carbonyl (C=O) groups is 1. The Labute approximate surface area is 122 Å². The minimum Gasteiger partial charge on any atom is -0.379 e. The van der Waals surface area contributed by atoms with E-state index in [2.05, 4.69) is 19.2 Å². The van der Waals surface area contributed by atoms with Gasteiger partial charge in [0.05, 0.1) is 13.2 Å². The van der Waals surface area contributed by atoms with E-state index in [4.69, 9.17) is 15.2 Å². The first-order chi connectivity index (χ1) is 9.53. The highest BCUT2D eigenvalue weighted by atomic mass is 16.5. The lowest BCUT2D eigenvalue weighted by atomic mass is 9.84. The van der Waals surface area contributed by atoms with Crippen LogP contribution in [0.4, 0.5) is 0 Å². The smallest absolute Gasteiger partial charge is 0.238 e. The summed E-state index contributed by atoms with van der Waals surface area (Å²) >= 11 is 0. The maximum Gasteiger partial charge on any atom is 0.238 e. The van der Waals surface area contributed by atoms with Crippen LogP contribution in [0.25, 0.3) is 0 Å². The zero-order valence-corrected chi connectivity index (χ0v) is 13.1. The van der Waals surface area contributed by atoms with Crippen molar-refractivity contribution in [2.24, 2.45) is 17.6 Å². The number of hydrogen-bond donors (Lipinski definition) is 2. The molecule has 5 nitrogen and oxygen atoms in total. The normalized spacial score (nSPS) is 26.3. The summed E-state index contributed by atoms with van der Waals surface area (Å²) in [4.78, 5) is 11.7. The second-order valence-corrected chi connectivity index (χ2v) is 6.04. The van der Waals surface area contributed by atoms with E-state index >= 15 is 0 Å². The van der Waals surface area contributed by atoms with Crippen LogP contribution in [0.5, 0.6) is 0 Å². The lowest BCUT2D eigenvalue weighted by Crippen LogP contribution is -2.56. The average Bonchev–Trinajstić information content (AvgIpc) is 2.81. The number of nitrogens with one attached hydrogen (secondary N) is 1. The van der Waals surface area contributed by atoms with E-state index in [0.29, 0.717) is 25.7 Å². The van der Waals surface area contributed by atoms with Gasteiger partial charge in [0.25, 0.3) is 0 Å². The van der Waals surface area contributed by atoms with Gasteiger partial charge < -0.3 is 20.5 Å². The highest BCUT2D eigenvalue weighted by Gasteiger charge is 2.46. The molecule has 0 heterocycles. The van der Waals surface area contributed by atoms with E-state index in [-0.39, 0.29) is 11.8 Å². The Morgan fingerprint density at radius 2 is 2.05 bits per heavy atom. The second-order valence-electron chi connectivity index (χ2n) is 6.04. The van der Waals surface area contributed by atoms with Crippen LogP contribution < -0.4 is 11.1 Å². The van der Waals surface area contributed by atoms with Gasteiger partial charge in [-0.3, -0.25) is 4.79 Å². The fraction of sp³-hybridized carbons (Fsp3) is 0.933. The molecule has 2 atom stereocenters. The van der Waals surface area contributed by atoms with Crippen LogP contribution in [0.1, 0.15) is 39.5 Å².